The molecule has 0 aliphatic carbocycles. The standard InChI is InChI=1S/C20H19FN2O5S/c1-12-15-7-6-13(8-9-24)10-18(15)28-20(25)16(12)11-14-4-3-5-17(19(14)21)23-29(26,27)22-2/h3-7,9-10,22-23H,8,11H2,1-2H3. The Labute approximate surface area is 166 Å². The molecule has 2 aromatic carbocycles. The molecule has 1 aromatic heterocycles. The van der Waals surface area contributed by atoms with Crippen LogP contribution in [0.1, 0.15) is 22.3 Å². The van der Waals surface area contributed by atoms with Crippen molar-refractivity contribution in [3.05, 3.63) is 74.9 Å². The van der Waals surface area contributed by atoms with E-state index in [1.807, 2.05) is 4.72 Å². The second kappa shape index (κ2) is 8.14. The molecule has 0 radical (unpaired) electrons. The molecule has 0 bridgehead atoms. The summed E-state index contributed by atoms with van der Waals surface area (Å²) >= 11 is 0. The van der Waals surface area contributed by atoms with Gasteiger partial charge < -0.3 is 9.21 Å². The van der Waals surface area contributed by atoms with Gasteiger partial charge in [-0.15, -0.1) is 0 Å². The number of hydrogen-bond donors (Lipinski definition) is 2. The molecule has 2 N–H and O–H groups in total. The molecule has 0 saturated carbocycles. The van der Waals surface area contributed by atoms with E-state index in [0.717, 1.165) is 11.8 Å². The lowest BCUT2D eigenvalue weighted by Gasteiger charge is -2.12. The van der Waals surface area contributed by atoms with Crippen molar-refractivity contribution < 1.29 is 22.0 Å². The van der Waals surface area contributed by atoms with Crippen LogP contribution in [-0.4, -0.2) is 21.8 Å². The maximum atomic E-state index is 14.8. The Hall–Kier alpha value is -3.04. The summed E-state index contributed by atoms with van der Waals surface area (Å²) in [5.74, 6) is -0.772. The van der Waals surface area contributed by atoms with Crippen LogP contribution in [0.2, 0.25) is 0 Å². The predicted octanol–water partition coefficient (Wildman–Crippen LogP) is 2.45. The number of nitrogens with one attached hydrogen (secondary N) is 2. The Balaban J connectivity index is 2.03. The van der Waals surface area contributed by atoms with Crippen molar-refractivity contribution in [3.8, 4) is 0 Å². The Morgan fingerprint density at radius 1 is 1.21 bits per heavy atom. The fourth-order valence-electron chi connectivity index (χ4n) is 3.05. The van der Waals surface area contributed by atoms with Crippen LogP contribution in [0, 0.1) is 12.7 Å². The van der Waals surface area contributed by atoms with Gasteiger partial charge in [-0.05, 0) is 35.7 Å². The van der Waals surface area contributed by atoms with Crippen LogP contribution in [0.25, 0.3) is 11.0 Å². The van der Waals surface area contributed by atoms with Crippen molar-refractivity contribution in [2.24, 2.45) is 0 Å². The molecule has 7 nitrogen and oxygen atoms in total. The van der Waals surface area contributed by atoms with Gasteiger partial charge in [-0.1, -0.05) is 24.3 Å². The van der Waals surface area contributed by atoms with E-state index in [1.165, 1.54) is 25.2 Å². The van der Waals surface area contributed by atoms with Gasteiger partial charge in [-0.25, -0.2) is 13.9 Å². The molecule has 152 valence electrons. The van der Waals surface area contributed by atoms with Crippen molar-refractivity contribution in [1.29, 1.82) is 0 Å². The third kappa shape index (κ3) is 4.36. The van der Waals surface area contributed by atoms with E-state index < -0.39 is 21.7 Å². The van der Waals surface area contributed by atoms with E-state index in [1.54, 1.807) is 25.1 Å². The summed E-state index contributed by atoms with van der Waals surface area (Å²) in [6, 6.07) is 9.41. The minimum Gasteiger partial charge on any atom is -0.422 e. The number of hydrogen-bond acceptors (Lipinski definition) is 5. The summed E-state index contributed by atoms with van der Waals surface area (Å²) in [5.41, 5.74) is 1.29. The van der Waals surface area contributed by atoms with Crippen LogP contribution in [0.4, 0.5) is 10.1 Å². The van der Waals surface area contributed by atoms with Gasteiger partial charge in [0, 0.05) is 30.8 Å². The van der Waals surface area contributed by atoms with Gasteiger partial charge in [0.1, 0.15) is 11.9 Å². The average Bonchev–Trinajstić information content (AvgIpc) is 2.68. The van der Waals surface area contributed by atoms with Gasteiger partial charge in [0.25, 0.3) is 10.2 Å². The first-order valence-electron chi connectivity index (χ1n) is 8.73. The van der Waals surface area contributed by atoms with E-state index in [2.05, 4.69) is 4.72 Å². The molecule has 3 aromatic rings. The number of halogens is 1. The summed E-state index contributed by atoms with van der Waals surface area (Å²) in [7, 11) is -2.68. The SMILES string of the molecule is CNS(=O)(=O)Nc1cccc(Cc2c(C)c3ccc(CC=O)cc3oc2=O)c1F. The first-order chi connectivity index (χ1) is 13.8. The molecular formula is C20H19FN2O5S. The molecule has 0 fully saturated rings. The van der Waals surface area contributed by atoms with Crippen molar-refractivity contribution >= 4 is 33.2 Å². The van der Waals surface area contributed by atoms with Gasteiger partial charge in [0.2, 0.25) is 0 Å². The second-order valence-electron chi connectivity index (χ2n) is 6.46. The smallest absolute Gasteiger partial charge is 0.340 e. The van der Waals surface area contributed by atoms with Crippen molar-refractivity contribution in [2.45, 2.75) is 19.8 Å². The third-order valence-electron chi connectivity index (χ3n) is 4.63. The minimum absolute atomic E-state index is 0.0683. The summed E-state index contributed by atoms with van der Waals surface area (Å²) < 4.78 is 47.6. The Morgan fingerprint density at radius 3 is 2.66 bits per heavy atom. The topological polar surface area (TPSA) is 105 Å². The van der Waals surface area contributed by atoms with Gasteiger partial charge in [-0.2, -0.15) is 8.42 Å². The van der Waals surface area contributed by atoms with Crippen LogP contribution in [0.3, 0.4) is 0 Å². The van der Waals surface area contributed by atoms with E-state index in [0.29, 0.717) is 16.5 Å². The maximum absolute atomic E-state index is 14.8. The molecule has 3 rings (SSSR count). The largest absolute Gasteiger partial charge is 0.422 e. The fraction of sp³-hybridized carbons (Fsp3) is 0.200. The molecule has 0 saturated heterocycles. The number of aryl methyl sites for hydroxylation is 1. The third-order valence-corrected chi connectivity index (χ3v) is 5.66. The number of carbonyl (C=O) groups is 1. The molecule has 0 unspecified atom stereocenters. The molecular weight excluding hydrogens is 399 g/mol. The van der Waals surface area contributed by atoms with Crippen LogP contribution in [0.15, 0.2) is 45.6 Å². The zero-order valence-electron chi connectivity index (χ0n) is 15.8. The van der Waals surface area contributed by atoms with Crippen molar-refractivity contribution in [3.63, 3.8) is 0 Å². The summed E-state index contributed by atoms with van der Waals surface area (Å²) in [6.07, 6.45) is 0.903. The average molecular weight is 418 g/mol. The lowest BCUT2D eigenvalue weighted by molar-refractivity contribution is -0.107. The lowest BCUT2D eigenvalue weighted by Crippen LogP contribution is -2.27. The summed E-state index contributed by atoms with van der Waals surface area (Å²) in [4.78, 5) is 23.2. The Bertz CT molecular complexity index is 1250. The number of aldehydes is 1. The number of anilines is 1. The quantitative estimate of drug-likeness (QED) is 0.453. The highest BCUT2D eigenvalue weighted by atomic mass is 32.2. The number of benzene rings is 2. The summed E-state index contributed by atoms with van der Waals surface area (Å²) in [6.45, 7) is 1.74. The van der Waals surface area contributed by atoms with Gasteiger partial charge >= 0.3 is 5.63 Å². The normalized spacial score (nSPS) is 11.6. The number of rotatable bonds is 7. The second-order valence-corrected chi connectivity index (χ2v) is 8.08. The zero-order chi connectivity index (χ0) is 21.2. The zero-order valence-corrected chi connectivity index (χ0v) is 16.6. The lowest BCUT2D eigenvalue weighted by atomic mass is 9.98. The first-order valence-corrected chi connectivity index (χ1v) is 10.2. The Morgan fingerprint density at radius 2 is 1.97 bits per heavy atom. The summed E-state index contributed by atoms with van der Waals surface area (Å²) in [5, 5.41) is 0.682. The van der Waals surface area contributed by atoms with E-state index in [-0.39, 0.29) is 29.7 Å². The van der Waals surface area contributed by atoms with Crippen LogP contribution < -0.4 is 15.1 Å². The molecule has 9 heteroatoms. The predicted molar refractivity (Wildman–Crippen MR) is 108 cm³/mol. The molecule has 1 heterocycles. The van der Waals surface area contributed by atoms with E-state index >= 15 is 0 Å². The highest BCUT2D eigenvalue weighted by Crippen LogP contribution is 2.25. The highest BCUT2D eigenvalue weighted by molar-refractivity contribution is 7.90. The minimum atomic E-state index is -3.88. The number of carbonyl (C=O) groups excluding carboxylic acids is 1. The monoisotopic (exact) mass is 418 g/mol. The van der Waals surface area contributed by atoms with Gasteiger partial charge in [0.15, 0.2) is 5.82 Å². The van der Waals surface area contributed by atoms with Gasteiger partial charge in [0.05, 0.1) is 5.69 Å². The maximum Gasteiger partial charge on any atom is 0.340 e. The van der Waals surface area contributed by atoms with Gasteiger partial charge in [-0.3, -0.25) is 4.72 Å². The van der Waals surface area contributed by atoms with Crippen molar-refractivity contribution in [2.75, 3.05) is 11.8 Å². The number of fused-ring (bicyclic) bond motifs is 1. The molecule has 0 amide bonds. The molecule has 29 heavy (non-hydrogen) atoms. The van der Waals surface area contributed by atoms with E-state index in [9.17, 15) is 22.4 Å². The highest BCUT2D eigenvalue weighted by Gasteiger charge is 2.17. The molecule has 0 spiro atoms. The molecule has 0 aliphatic heterocycles. The van der Waals surface area contributed by atoms with Crippen molar-refractivity contribution in [1.82, 2.24) is 4.72 Å². The molecule has 0 atom stereocenters. The van der Waals surface area contributed by atoms with Crippen LogP contribution >= 0.6 is 0 Å². The van der Waals surface area contributed by atoms with Crippen LogP contribution in [0.5, 0.6) is 0 Å². The fourth-order valence-corrected chi connectivity index (χ4v) is 3.60. The Kier molecular flexibility index (Phi) is 5.81. The molecule has 0 aliphatic rings. The first kappa shape index (κ1) is 20.7. The van der Waals surface area contributed by atoms with Crippen LogP contribution in [-0.2, 0) is 27.8 Å². The van der Waals surface area contributed by atoms with E-state index in [4.69, 9.17) is 4.42 Å².